The van der Waals surface area contributed by atoms with Crippen LogP contribution in [0, 0.1) is 0 Å². The van der Waals surface area contributed by atoms with Crippen molar-refractivity contribution < 1.29 is 4.74 Å². The highest BCUT2D eigenvalue weighted by Crippen LogP contribution is 2.21. The van der Waals surface area contributed by atoms with E-state index in [1.54, 1.807) is 0 Å². The summed E-state index contributed by atoms with van der Waals surface area (Å²) in [5.74, 6) is 0.837. The molecule has 4 N–H and O–H groups in total. The molecule has 0 spiro atoms. The van der Waals surface area contributed by atoms with Gasteiger partial charge in [0, 0.05) is 12.6 Å². The second-order valence-corrected chi connectivity index (χ2v) is 4.63. The Labute approximate surface area is 91.4 Å². The van der Waals surface area contributed by atoms with E-state index < -0.39 is 0 Å². The zero-order valence-corrected chi connectivity index (χ0v) is 9.66. The van der Waals surface area contributed by atoms with Gasteiger partial charge in [0.2, 0.25) is 0 Å². The second-order valence-electron chi connectivity index (χ2n) is 4.63. The van der Waals surface area contributed by atoms with Crippen LogP contribution in [0.1, 0.15) is 32.4 Å². The summed E-state index contributed by atoms with van der Waals surface area (Å²) in [7, 11) is 0. The van der Waals surface area contributed by atoms with Gasteiger partial charge in [-0.15, -0.1) is 0 Å². The maximum Gasteiger partial charge on any atom is 0.120 e. The van der Waals surface area contributed by atoms with E-state index in [2.05, 4.69) is 0 Å². The summed E-state index contributed by atoms with van der Waals surface area (Å²) in [5.41, 5.74) is 12.2. The topological polar surface area (TPSA) is 61.3 Å². The minimum Gasteiger partial charge on any atom is -0.488 e. The highest BCUT2D eigenvalue weighted by molar-refractivity contribution is 5.31. The molecule has 0 aromatic heterocycles. The molecular formula is C12H20N2O. The van der Waals surface area contributed by atoms with Crippen LogP contribution in [-0.4, -0.2) is 12.1 Å². The molecule has 0 bridgehead atoms. The van der Waals surface area contributed by atoms with Crippen LogP contribution >= 0.6 is 0 Å². The molecule has 1 atom stereocenters. The third kappa shape index (κ3) is 3.90. The van der Waals surface area contributed by atoms with Crippen LogP contribution in [0.25, 0.3) is 0 Å². The monoisotopic (exact) mass is 208 g/mol. The summed E-state index contributed by atoms with van der Waals surface area (Å²) in [6.07, 6.45) is 0. The minimum atomic E-state index is -0.189. The summed E-state index contributed by atoms with van der Waals surface area (Å²) in [5, 5.41) is 0. The molecule has 0 radical (unpaired) electrons. The number of ether oxygens (including phenoxy) is 1. The number of hydrogen-bond acceptors (Lipinski definition) is 3. The van der Waals surface area contributed by atoms with E-state index in [4.69, 9.17) is 16.2 Å². The van der Waals surface area contributed by atoms with Gasteiger partial charge in [-0.1, -0.05) is 12.1 Å². The quantitative estimate of drug-likeness (QED) is 0.796. The first-order chi connectivity index (χ1) is 6.92. The number of hydrogen-bond donors (Lipinski definition) is 2. The Morgan fingerprint density at radius 3 is 2.53 bits per heavy atom. The standard InChI is InChI=1S/C12H20N2O/c1-12(2,3)15-10-6-4-5-9(7-10)11(14)8-13/h4-7,11H,8,13-14H2,1-3H3. The summed E-state index contributed by atoms with van der Waals surface area (Å²) in [6.45, 7) is 6.49. The fourth-order valence-electron chi connectivity index (χ4n) is 1.30. The molecule has 0 saturated carbocycles. The molecular weight excluding hydrogens is 188 g/mol. The maximum absolute atomic E-state index is 5.85. The van der Waals surface area contributed by atoms with Gasteiger partial charge in [0.1, 0.15) is 11.4 Å². The lowest BCUT2D eigenvalue weighted by Crippen LogP contribution is -2.24. The number of benzene rings is 1. The van der Waals surface area contributed by atoms with Crippen LogP contribution in [0.4, 0.5) is 0 Å². The van der Waals surface area contributed by atoms with Crippen LogP contribution in [0.2, 0.25) is 0 Å². The smallest absolute Gasteiger partial charge is 0.120 e. The van der Waals surface area contributed by atoms with E-state index in [1.807, 2.05) is 45.0 Å². The highest BCUT2D eigenvalue weighted by atomic mass is 16.5. The molecule has 0 aliphatic rings. The Hall–Kier alpha value is -1.06. The molecule has 0 saturated heterocycles. The van der Waals surface area contributed by atoms with Crippen LogP contribution in [0.15, 0.2) is 24.3 Å². The van der Waals surface area contributed by atoms with Gasteiger partial charge in [0.05, 0.1) is 0 Å². The third-order valence-electron chi connectivity index (χ3n) is 1.96. The van der Waals surface area contributed by atoms with Crippen molar-refractivity contribution in [3.05, 3.63) is 29.8 Å². The van der Waals surface area contributed by atoms with Crippen molar-refractivity contribution in [3.8, 4) is 5.75 Å². The molecule has 1 aromatic carbocycles. The molecule has 0 heterocycles. The lowest BCUT2D eigenvalue weighted by Gasteiger charge is -2.22. The van der Waals surface area contributed by atoms with Crippen LogP contribution in [-0.2, 0) is 0 Å². The van der Waals surface area contributed by atoms with Crippen molar-refractivity contribution in [1.29, 1.82) is 0 Å². The van der Waals surface area contributed by atoms with Crippen molar-refractivity contribution in [1.82, 2.24) is 0 Å². The summed E-state index contributed by atoms with van der Waals surface area (Å²) >= 11 is 0. The Kier molecular flexibility index (Phi) is 3.72. The first-order valence-electron chi connectivity index (χ1n) is 5.17. The van der Waals surface area contributed by atoms with E-state index in [9.17, 15) is 0 Å². The second kappa shape index (κ2) is 4.64. The Bertz CT molecular complexity index is 318. The fourth-order valence-corrected chi connectivity index (χ4v) is 1.30. The van der Waals surface area contributed by atoms with E-state index in [1.165, 1.54) is 0 Å². The number of nitrogens with two attached hydrogens (primary N) is 2. The summed E-state index contributed by atoms with van der Waals surface area (Å²) in [6, 6.07) is 7.66. The van der Waals surface area contributed by atoms with Gasteiger partial charge in [0.15, 0.2) is 0 Å². The normalized spacial score (nSPS) is 13.7. The van der Waals surface area contributed by atoms with E-state index in [0.29, 0.717) is 6.54 Å². The van der Waals surface area contributed by atoms with E-state index >= 15 is 0 Å². The van der Waals surface area contributed by atoms with Crippen LogP contribution in [0.3, 0.4) is 0 Å². The van der Waals surface area contributed by atoms with Gasteiger partial charge in [-0.05, 0) is 38.5 Å². The van der Waals surface area contributed by atoms with E-state index in [0.717, 1.165) is 11.3 Å². The molecule has 84 valence electrons. The van der Waals surface area contributed by atoms with Crippen molar-refractivity contribution in [2.45, 2.75) is 32.4 Å². The maximum atomic E-state index is 5.85. The fraction of sp³-hybridized carbons (Fsp3) is 0.500. The molecule has 0 fully saturated rings. The van der Waals surface area contributed by atoms with Gasteiger partial charge in [0.25, 0.3) is 0 Å². The molecule has 3 nitrogen and oxygen atoms in total. The third-order valence-corrected chi connectivity index (χ3v) is 1.96. The largest absolute Gasteiger partial charge is 0.488 e. The SMILES string of the molecule is CC(C)(C)Oc1cccc(C(N)CN)c1. The van der Waals surface area contributed by atoms with Gasteiger partial charge >= 0.3 is 0 Å². The zero-order chi connectivity index (χ0) is 11.5. The molecule has 15 heavy (non-hydrogen) atoms. The van der Waals surface area contributed by atoms with Crippen molar-refractivity contribution in [2.75, 3.05) is 6.54 Å². The molecule has 1 unspecified atom stereocenters. The average molecular weight is 208 g/mol. The van der Waals surface area contributed by atoms with E-state index in [-0.39, 0.29) is 11.6 Å². The Morgan fingerprint density at radius 2 is 2.00 bits per heavy atom. The number of rotatable bonds is 3. The highest BCUT2D eigenvalue weighted by Gasteiger charge is 2.12. The van der Waals surface area contributed by atoms with Crippen LogP contribution < -0.4 is 16.2 Å². The van der Waals surface area contributed by atoms with Gasteiger partial charge in [-0.25, -0.2) is 0 Å². The van der Waals surface area contributed by atoms with Crippen LogP contribution in [0.5, 0.6) is 5.75 Å². The van der Waals surface area contributed by atoms with Crippen molar-refractivity contribution in [3.63, 3.8) is 0 Å². The molecule has 0 aliphatic carbocycles. The van der Waals surface area contributed by atoms with Crippen molar-refractivity contribution >= 4 is 0 Å². The van der Waals surface area contributed by atoms with Gasteiger partial charge in [-0.3, -0.25) is 0 Å². The predicted molar refractivity (Wildman–Crippen MR) is 62.8 cm³/mol. The summed E-state index contributed by atoms with van der Waals surface area (Å²) < 4.78 is 5.74. The average Bonchev–Trinajstić information content (AvgIpc) is 2.14. The Morgan fingerprint density at radius 1 is 1.33 bits per heavy atom. The zero-order valence-electron chi connectivity index (χ0n) is 9.66. The van der Waals surface area contributed by atoms with Crippen molar-refractivity contribution in [2.24, 2.45) is 11.5 Å². The first-order valence-corrected chi connectivity index (χ1v) is 5.17. The predicted octanol–water partition coefficient (Wildman–Crippen LogP) is 1.82. The first kappa shape index (κ1) is 12.0. The Balaban J connectivity index is 2.83. The molecule has 0 aliphatic heterocycles. The van der Waals surface area contributed by atoms with Gasteiger partial charge in [-0.2, -0.15) is 0 Å². The van der Waals surface area contributed by atoms with Gasteiger partial charge < -0.3 is 16.2 Å². The molecule has 1 rings (SSSR count). The summed E-state index contributed by atoms with van der Waals surface area (Å²) in [4.78, 5) is 0. The molecule has 3 heteroatoms. The molecule has 0 amide bonds. The molecule has 1 aromatic rings. The lowest BCUT2D eigenvalue weighted by molar-refractivity contribution is 0.131. The lowest BCUT2D eigenvalue weighted by atomic mass is 10.1. The minimum absolute atomic E-state index is 0.117.